The molecule has 0 aromatic rings. The maximum atomic E-state index is 11.3. The quantitative estimate of drug-likeness (QED) is 0.702. The molecule has 1 aliphatic rings. The van der Waals surface area contributed by atoms with Crippen molar-refractivity contribution in [2.45, 2.75) is 52.2 Å². The summed E-state index contributed by atoms with van der Waals surface area (Å²) in [5, 5.41) is 21.9. The molecule has 108 valence electrons. The van der Waals surface area contributed by atoms with E-state index in [0.29, 0.717) is 12.3 Å². The standard InChI is InChI=1S/C14H23NO4/c1-8(2)6-12(15-9(3)16)11-5-4-10(14(18)19)7-13(11)17/h4,8,11-13,17H,5-7H2,1-3H3,(H,15,16)(H,18,19)/t11-,12+,13-/m1/s1. The maximum Gasteiger partial charge on any atom is 0.331 e. The molecular formula is C14H23NO4. The number of carbonyl (C=O) groups excluding carboxylic acids is 1. The Bertz CT molecular complexity index is 376. The first kappa shape index (κ1) is 15.7. The minimum Gasteiger partial charge on any atom is -0.478 e. The highest BCUT2D eigenvalue weighted by Gasteiger charge is 2.33. The van der Waals surface area contributed by atoms with Gasteiger partial charge in [-0.1, -0.05) is 19.9 Å². The van der Waals surface area contributed by atoms with E-state index in [2.05, 4.69) is 19.2 Å². The Morgan fingerprint density at radius 2 is 2.11 bits per heavy atom. The number of aliphatic hydroxyl groups excluding tert-OH is 1. The summed E-state index contributed by atoms with van der Waals surface area (Å²) in [6.07, 6.45) is 2.35. The number of allylic oxidation sites excluding steroid dienone is 1. The highest BCUT2D eigenvalue weighted by molar-refractivity contribution is 5.86. The third-order valence-corrected chi connectivity index (χ3v) is 3.47. The van der Waals surface area contributed by atoms with Crippen LogP contribution in [0.1, 0.15) is 40.0 Å². The number of hydrogen-bond donors (Lipinski definition) is 3. The summed E-state index contributed by atoms with van der Waals surface area (Å²) in [5.74, 6) is -0.813. The Balaban J connectivity index is 2.79. The van der Waals surface area contributed by atoms with Crippen molar-refractivity contribution in [2.24, 2.45) is 11.8 Å². The zero-order valence-corrected chi connectivity index (χ0v) is 11.7. The first-order valence-corrected chi connectivity index (χ1v) is 6.68. The van der Waals surface area contributed by atoms with Crippen LogP contribution < -0.4 is 5.32 Å². The van der Waals surface area contributed by atoms with Gasteiger partial charge in [-0.05, 0) is 18.8 Å². The van der Waals surface area contributed by atoms with Crippen LogP contribution in [0.25, 0.3) is 0 Å². The van der Waals surface area contributed by atoms with Gasteiger partial charge in [-0.3, -0.25) is 4.79 Å². The van der Waals surface area contributed by atoms with Gasteiger partial charge >= 0.3 is 5.97 Å². The smallest absolute Gasteiger partial charge is 0.331 e. The lowest BCUT2D eigenvalue weighted by atomic mass is 9.79. The molecule has 19 heavy (non-hydrogen) atoms. The van der Waals surface area contributed by atoms with Gasteiger partial charge in [0.2, 0.25) is 5.91 Å². The van der Waals surface area contributed by atoms with Gasteiger partial charge in [-0.15, -0.1) is 0 Å². The molecule has 0 unspecified atom stereocenters. The van der Waals surface area contributed by atoms with Crippen molar-refractivity contribution in [3.05, 3.63) is 11.6 Å². The van der Waals surface area contributed by atoms with Crippen LogP contribution in [0.3, 0.4) is 0 Å². The fourth-order valence-corrected chi connectivity index (χ4v) is 2.61. The molecular weight excluding hydrogens is 246 g/mol. The van der Waals surface area contributed by atoms with E-state index in [1.54, 1.807) is 6.08 Å². The van der Waals surface area contributed by atoms with Gasteiger partial charge in [0.25, 0.3) is 0 Å². The number of nitrogens with one attached hydrogen (secondary N) is 1. The van der Waals surface area contributed by atoms with Crippen LogP contribution in [-0.4, -0.2) is 34.2 Å². The van der Waals surface area contributed by atoms with Gasteiger partial charge in [-0.25, -0.2) is 4.79 Å². The molecule has 1 aliphatic carbocycles. The largest absolute Gasteiger partial charge is 0.478 e. The highest BCUT2D eigenvalue weighted by atomic mass is 16.4. The molecule has 0 spiro atoms. The van der Waals surface area contributed by atoms with Crippen molar-refractivity contribution in [3.8, 4) is 0 Å². The van der Waals surface area contributed by atoms with E-state index in [4.69, 9.17) is 5.11 Å². The molecule has 0 bridgehead atoms. The number of aliphatic hydroxyl groups is 1. The molecule has 1 rings (SSSR count). The predicted molar refractivity (Wildman–Crippen MR) is 71.5 cm³/mol. The number of rotatable bonds is 5. The molecule has 0 aromatic heterocycles. The van der Waals surface area contributed by atoms with Crippen molar-refractivity contribution < 1.29 is 19.8 Å². The number of carbonyl (C=O) groups is 2. The average Bonchev–Trinajstić information content (AvgIpc) is 2.26. The summed E-state index contributed by atoms with van der Waals surface area (Å²) in [5.41, 5.74) is 0.259. The van der Waals surface area contributed by atoms with Crippen LogP contribution >= 0.6 is 0 Å². The van der Waals surface area contributed by atoms with Gasteiger partial charge in [0.1, 0.15) is 0 Å². The lowest BCUT2D eigenvalue weighted by Crippen LogP contribution is -2.46. The molecule has 0 radical (unpaired) electrons. The van der Waals surface area contributed by atoms with Crippen molar-refractivity contribution in [1.82, 2.24) is 5.32 Å². The minimum atomic E-state index is -0.975. The molecule has 0 fully saturated rings. The second kappa shape index (κ2) is 6.70. The van der Waals surface area contributed by atoms with Crippen molar-refractivity contribution in [3.63, 3.8) is 0 Å². The summed E-state index contributed by atoms with van der Waals surface area (Å²) in [6, 6.07) is -0.112. The van der Waals surface area contributed by atoms with Crippen LogP contribution in [0, 0.1) is 11.8 Å². The Kier molecular flexibility index (Phi) is 5.54. The topological polar surface area (TPSA) is 86.6 Å². The van der Waals surface area contributed by atoms with Crippen LogP contribution in [0.15, 0.2) is 11.6 Å². The number of carboxylic acids is 1. The van der Waals surface area contributed by atoms with E-state index < -0.39 is 12.1 Å². The molecule has 0 saturated carbocycles. The molecule has 0 heterocycles. The van der Waals surface area contributed by atoms with Gasteiger partial charge < -0.3 is 15.5 Å². The zero-order valence-electron chi connectivity index (χ0n) is 11.7. The van der Waals surface area contributed by atoms with E-state index in [0.717, 1.165) is 6.42 Å². The average molecular weight is 269 g/mol. The van der Waals surface area contributed by atoms with Gasteiger partial charge in [0, 0.05) is 30.9 Å². The monoisotopic (exact) mass is 269 g/mol. The first-order valence-electron chi connectivity index (χ1n) is 6.68. The van der Waals surface area contributed by atoms with Crippen molar-refractivity contribution in [2.75, 3.05) is 0 Å². The lowest BCUT2D eigenvalue weighted by Gasteiger charge is -2.34. The number of carboxylic acid groups (broad SMARTS) is 1. The molecule has 5 nitrogen and oxygen atoms in total. The Labute approximate surface area is 113 Å². The molecule has 3 N–H and O–H groups in total. The minimum absolute atomic E-state index is 0.112. The fourth-order valence-electron chi connectivity index (χ4n) is 2.61. The molecule has 3 atom stereocenters. The van der Waals surface area contributed by atoms with E-state index in [1.807, 2.05) is 0 Å². The van der Waals surface area contributed by atoms with E-state index in [1.165, 1.54) is 6.92 Å². The molecule has 1 amide bonds. The fraction of sp³-hybridized carbons (Fsp3) is 0.714. The molecule has 0 aliphatic heterocycles. The van der Waals surface area contributed by atoms with Crippen LogP contribution in [0.2, 0.25) is 0 Å². The number of hydrogen-bond acceptors (Lipinski definition) is 3. The zero-order chi connectivity index (χ0) is 14.6. The second-order valence-electron chi connectivity index (χ2n) is 5.64. The summed E-state index contributed by atoms with van der Waals surface area (Å²) in [7, 11) is 0. The third kappa shape index (κ3) is 4.67. The summed E-state index contributed by atoms with van der Waals surface area (Å²) < 4.78 is 0. The normalized spacial score (nSPS) is 24.8. The predicted octanol–water partition coefficient (Wildman–Crippen LogP) is 1.32. The highest BCUT2D eigenvalue weighted by Crippen LogP contribution is 2.29. The van der Waals surface area contributed by atoms with Crippen molar-refractivity contribution in [1.29, 1.82) is 0 Å². The molecule has 0 saturated heterocycles. The van der Waals surface area contributed by atoms with Gasteiger partial charge in [0.15, 0.2) is 0 Å². The Hall–Kier alpha value is -1.36. The van der Waals surface area contributed by atoms with Crippen molar-refractivity contribution >= 4 is 11.9 Å². The number of aliphatic carboxylic acids is 1. The second-order valence-corrected chi connectivity index (χ2v) is 5.64. The van der Waals surface area contributed by atoms with Gasteiger partial charge in [-0.2, -0.15) is 0 Å². The SMILES string of the molecule is CC(=O)N[C@@H](CC(C)C)[C@H]1CC=C(C(=O)O)C[C@H]1O. The summed E-state index contributed by atoms with van der Waals surface area (Å²) >= 11 is 0. The van der Waals surface area contributed by atoms with E-state index >= 15 is 0 Å². The molecule has 0 aromatic carbocycles. The van der Waals surface area contributed by atoms with Crippen LogP contribution in [0.4, 0.5) is 0 Å². The summed E-state index contributed by atoms with van der Waals surface area (Å²) in [6.45, 7) is 5.58. The lowest BCUT2D eigenvalue weighted by molar-refractivity contribution is -0.133. The maximum absolute atomic E-state index is 11.3. The van der Waals surface area contributed by atoms with Crippen LogP contribution in [0.5, 0.6) is 0 Å². The van der Waals surface area contributed by atoms with Gasteiger partial charge in [0.05, 0.1) is 6.10 Å². The van der Waals surface area contributed by atoms with E-state index in [9.17, 15) is 14.7 Å². The Morgan fingerprint density at radius 1 is 1.47 bits per heavy atom. The third-order valence-electron chi connectivity index (χ3n) is 3.47. The Morgan fingerprint density at radius 3 is 2.53 bits per heavy atom. The first-order chi connectivity index (χ1) is 8.81. The molecule has 5 heteroatoms. The van der Waals surface area contributed by atoms with Crippen LogP contribution in [-0.2, 0) is 9.59 Å². The summed E-state index contributed by atoms with van der Waals surface area (Å²) in [4.78, 5) is 22.1. The number of amides is 1. The van der Waals surface area contributed by atoms with E-state index in [-0.39, 0.29) is 29.9 Å².